The lowest BCUT2D eigenvalue weighted by molar-refractivity contribution is 0.560. The topological polar surface area (TPSA) is 72.2 Å². The Balaban J connectivity index is 3.08. The molecule has 0 aliphatic rings. The SMILES string of the molecule is Cc1cccc(N)c1S(=O)(=O)NCC(C)C. The first-order chi connectivity index (χ1) is 7.34. The minimum atomic E-state index is -3.49. The molecule has 0 radical (unpaired) electrons. The van der Waals surface area contributed by atoms with Crippen molar-refractivity contribution in [3.8, 4) is 0 Å². The first-order valence-corrected chi connectivity index (χ1v) is 6.67. The summed E-state index contributed by atoms with van der Waals surface area (Å²) in [6.45, 7) is 6.05. The van der Waals surface area contributed by atoms with Gasteiger partial charge >= 0.3 is 0 Å². The van der Waals surface area contributed by atoms with Gasteiger partial charge in [0.25, 0.3) is 0 Å². The van der Waals surface area contributed by atoms with Gasteiger partial charge in [-0.15, -0.1) is 0 Å². The van der Waals surface area contributed by atoms with Crippen LogP contribution in [0.25, 0.3) is 0 Å². The Hall–Kier alpha value is -1.07. The molecule has 1 aromatic carbocycles. The maximum Gasteiger partial charge on any atom is 0.242 e. The summed E-state index contributed by atoms with van der Waals surface area (Å²) in [5, 5.41) is 0. The molecule has 0 aliphatic heterocycles. The molecular formula is C11H18N2O2S. The maximum absolute atomic E-state index is 12.0. The van der Waals surface area contributed by atoms with Crippen LogP contribution in [0, 0.1) is 12.8 Å². The van der Waals surface area contributed by atoms with Crippen molar-refractivity contribution in [2.24, 2.45) is 5.92 Å². The van der Waals surface area contributed by atoms with E-state index in [1.807, 2.05) is 13.8 Å². The Morgan fingerprint density at radius 1 is 1.38 bits per heavy atom. The van der Waals surface area contributed by atoms with Gasteiger partial charge in [0.1, 0.15) is 4.90 Å². The van der Waals surface area contributed by atoms with Crippen LogP contribution in [0.4, 0.5) is 5.69 Å². The fourth-order valence-corrected chi connectivity index (χ4v) is 2.96. The number of hydrogen-bond acceptors (Lipinski definition) is 3. The Morgan fingerprint density at radius 3 is 2.50 bits per heavy atom. The lowest BCUT2D eigenvalue weighted by atomic mass is 10.2. The van der Waals surface area contributed by atoms with E-state index in [0.29, 0.717) is 12.1 Å². The maximum atomic E-state index is 12.0. The lowest BCUT2D eigenvalue weighted by Crippen LogP contribution is -2.28. The molecular weight excluding hydrogens is 224 g/mol. The number of sulfonamides is 1. The molecule has 0 aromatic heterocycles. The third-order valence-corrected chi connectivity index (χ3v) is 3.83. The van der Waals surface area contributed by atoms with Gasteiger partial charge in [-0.05, 0) is 24.5 Å². The summed E-state index contributed by atoms with van der Waals surface area (Å²) in [7, 11) is -3.49. The third-order valence-electron chi connectivity index (χ3n) is 2.19. The van der Waals surface area contributed by atoms with E-state index in [0.717, 1.165) is 0 Å². The number of rotatable bonds is 4. The summed E-state index contributed by atoms with van der Waals surface area (Å²) in [5.74, 6) is 0.264. The normalized spacial score (nSPS) is 12.0. The molecule has 3 N–H and O–H groups in total. The minimum Gasteiger partial charge on any atom is -0.398 e. The first-order valence-electron chi connectivity index (χ1n) is 5.19. The smallest absolute Gasteiger partial charge is 0.242 e. The Morgan fingerprint density at radius 2 is 2.00 bits per heavy atom. The van der Waals surface area contributed by atoms with Crippen LogP contribution in [0.3, 0.4) is 0 Å². The number of nitrogen functional groups attached to an aromatic ring is 1. The molecule has 0 unspecified atom stereocenters. The number of anilines is 1. The minimum absolute atomic E-state index is 0.190. The van der Waals surface area contributed by atoms with E-state index < -0.39 is 10.0 Å². The highest BCUT2D eigenvalue weighted by Gasteiger charge is 2.19. The molecule has 16 heavy (non-hydrogen) atoms. The lowest BCUT2D eigenvalue weighted by Gasteiger charge is -2.12. The van der Waals surface area contributed by atoms with Crippen molar-refractivity contribution >= 4 is 15.7 Å². The number of hydrogen-bond donors (Lipinski definition) is 2. The fourth-order valence-electron chi connectivity index (χ4n) is 1.39. The van der Waals surface area contributed by atoms with Crippen LogP contribution in [0.1, 0.15) is 19.4 Å². The van der Waals surface area contributed by atoms with Crippen molar-refractivity contribution in [1.29, 1.82) is 0 Å². The van der Waals surface area contributed by atoms with Crippen LogP contribution < -0.4 is 10.5 Å². The second kappa shape index (κ2) is 4.84. The predicted molar refractivity (Wildman–Crippen MR) is 65.6 cm³/mol. The number of nitrogens with two attached hydrogens (primary N) is 1. The zero-order chi connectivity index (χ0) is 12.3. The molecule has 0 heterocycles. The van der Waals surface area contributed by atoms with Crippen LogP contribution in [0.15, 0.2) is 23.1 Å². The highest BCUT2D eigenvalue weighted by molar-refractivity contribution is 7.89. The van der Waals surface area contributed by atoms with Crippen molar-refractivity contribution in [2.45, 2.75) is 25.7 Å². The van der Waals surface area contributed by atoms with E-state index in [9.17, 15) is 8.42 Å². The average molecular weight is 242 g/mol. The molecule has 5 heteroatoms. The van der Waals surface area contributed by atoms with Gasteiger partial charge in [0.15, 0.2) is 0 Å². The molecule has 1 aromatic rings. The fraction of sp³-hybridized carbons (Fsp3) is 0.455. The molecule has 0 saturated heterocycles. The van der Waals surface area contributed by atoms with Crippen molar-refractivity contribution < 1.29 is 8.42 Å². The van der Waals surface area contributed by atoms with Gasteiger partial charge in [-0.25, -0.2) is 13.1 Å². The summed E-state index contributed by atoms with van der Waals surface area (Å²) in [5.41, 5.74) is 6.65. The van der Waals surface area contributed by atoms with Crippen LogP contribution in [-0.2, 0) is 10.0 Å². The van der Waals surface area contributed by atoms with E-state index in [-0.39, 0.29) is 16.5 Å². The summed E-state index contributed by atoms with van der Waals surface area (Å²) < 4.78 is 26.5. The number of aryl methyl sites for hydroxylation is 1. The Labute approximate surface area is 96.9 Å². The standard InChI is InChI=1S/C11H18N2O2S/c1-8(2)7-13-16(14,15)11-9(3)5-4-6-10(11)12/h4-6,8,13H,7,12H2,1-3H3. The molecule has 0 amide bonds. The highest BCUT2D eigenvalue weighted by Crippen LogP contribution is 2.21. The van der Waals surface area contributed by atoms with E-state index in [1.165, 1.54) is 0 Å². The highest BCUT2D eigenvalue weighted by atomic mass is 32.2. The third kappa shape index (κ3) is 2.96. The molecule has 90 valence electrons. The number of benzene rings is 1. The Kier molecular flexibility index (Phi) is 3.93. The van der Waals surface area contributed by atoms with Gasteiger partial charge in [-0.3, -0.25) is 0 Å². The molecule has 0 saturated carbocycles. The van der Waals surface area contributed by atoms with Gasteiger partial charge in [-0.2, -0.15) is 0 Å². The largest absolute Gasteiger partial charge is 0.398 e. The molecule has 0 aliphatic carbocycles. The van der Waals surface area contributed by atoms with Crippen molar-refractivity contribution in [3.63, 3.8) is 0 Å². The quantitative estimate of drug-likeness (QED) is 0.786. The molecule has 0 spiro atoms. The van der Waals surface area contributed by atoms with Crippen LogP contribution >= 0.6 is 0 Å². The molecule has 0 atom stereocenters. The monoisotopic (exact) mass is 242 g/mol. The summed E-state index contributed by atoms with van der Waals surface area (Å²) in [6, 6.07) is 5.07. The summed E-state index contributed by atoms with van der Waals surface area (Å²) in [4.78, 5) is 0.190. The van der Waals surface area contributed by atoms with E-state index in [4.69, 9.17) is 5.73 Å². The van der Waals surface area contributed by atoms with E-state index in [1.54, 1.807) is 25.1 Å². The first kappa shape index (κ1) is 13.0. The van der Waals surface area contributed by atoms with Gasteiger partial charge in [-0.1, -0.05) is 26.0 Å². The van der Waals surface area contributed by atoms with Crippen molar-refractivity contribution in [2.75, 3.05) is 12.3 Å². The number of nitrogens with one attached hydrogen (secondary N) is 1. The molecule has 4 nitrogen and oxygen atoms in total. The van der Waals surface area contributed by atoms with Crippen LogP contribution in [-0.4, -0.2) is 15.0 Å². The second-order valence-electron chi connectivity index (χ2n) is 4.24. The average Bonchev–Trinajstić information content (AvgIpc) is 2.14. The van der Waals surface area contributed by atoms with Gasteiger partial charge in [0, 0.05) is 6.54 Å². The van der Waals surface area contributed by atoms with Gasteiger partial charge in [0.2, 0.25) is 10.0 Å². The Bertz CT molecular complexity index is 447. The predicted octanol–water partition coefficient (Wildman–Crippen LogP) is 1.51. The van der Waals surface area contributed by atoms with Crippen LogP contribution in [0.2, 0.25) is 0 Å². The van der Waals surface area contributed by atoms with E-state index >= 15 is 0 Å². The molecule has 0 fully saturated rings. The molecule has 1 rings (SSSR count). The van der Waals surface area contributed by atoms with Crippen molar-refractivity contribution in [3.05, 3.63) is 23.8 Å². The van der Waals surface area contributed by atoms with Gasteiger partial charge < -0.3 is 5.73 Å². The summed E-state index contributed by atoms with van der Waals surface area (Å²) >= 11 is 0. The zero-order valence-corrected chi connectivity index (χ0v) is 10.6. The van der Waals surface area contributed by atoms with E-state index in [2.05, 4.69) is 4.72 Å². The molecule has 0 bridgehead atoms. The van der Waals surface area contributed by atoms with Gasteiger partial charge in [0.05, 0.1) is 5.69 Å². The zero-order valence-electron chi connectivity index (χ0n) is 9.82. The van der Waals surface area contributed by atoms with Crippen molar-refractivity contribution in [1.82, 2.24) is 4.72 Å². The second-order valence-corrected chi connectivity index (χ2v) is 5.94. The summed E-state index contributed by atoms with van der Waals surface area (Å²) in [6.07, 6.45) is 0. The van der Waals surface area contributed by atoms with Crippen LogP contribution in [0.5, 0.6) is 0 Å².